The van der Waals surface area contributed by atoms with Crippen molar-refractivity contribution in [2.75, 3.05) is 5.32 Å². The first kappa shape index (κ1) is 18.4. The number of nitrogens with zero attached hydrogens (tertiary/aromatic N) is 1. The minimum atomic E-state index is -0.420. The quantitative estimate of drug-likeness (QED) is 0.450. The Morgan fingerprint density at radius 1 is 1.00 bits per heavy atom. The molecule has 0 aliphatic heterocycles. The number of amides is 2. The van der Waals surface area contributed by atoms with Crippen LogP contribution in [0.15, 0.2) is 77.9 Å². The van der Waals surface area contributed by atoms with Crippen molar-refractivity contribution in [2.45, 2.75) is 6.54 Å². The second-order valence-electron chi connectivity index (χ2n) is 5.64. The number of para-hydroxylation sites is 1. The fraction of sp³-hybridized carbons (Fsp3) is 0.0500. The van der Waals surface area contributed by atoms with Crippen LogP contribution in [0.3, 0.4) is 0 Å². The Balaban J connectivity index is 1.67. The molecule has 27 heavy (non-hydrogen) atoms. The lowest BCUT2D eigenvalue weighted by molar-refractivity contribution is 0.251. The molecular weight excluding hydrogens is 364 g/mol. The number of urea groups is 1. The predicted molar refractivity (Wildman–Crippen MR) is 105 cm³/mol. The first-order valence-electron chi connectivity index (χ1n) is 8.18. The summed E-state index contributed by atoms with van der Waals surface area (Å²) in [5.74, 6) is 1.20. The fourth-order valence-electron chi connectivity index (χ4n) is 2.40. The minimum absolute atomic E-state index is 0.319. The highest BCUT2D eigenvalue weighted by atomic mass is 35.5. The number of rotatable bonds is 6. The van der Waals surface area contributed by atoms with E-state index in [0.717, 1.165) is 5.56 Å². The zero-order valence-corrected chi connectivity index (χ0v) is 15.0. The maximum Gasteiger partial charge on any atom is 0.319 e. The van der Waals surface area contributed by atoms with Gasteiger partial charge < -0.3 is 15.4 Å². The molecule has 0 spiro atoms. The summed E-state index contributed by atoms with van der Waals surface area (Å²) in [6, 6.07) is 21.0. The normalized spacial score (nSPS) is 10.1. The molecule has 0 saturated carbocycles. The molecule has 7 heteroatoms. The molecule has 0 saturated heterocycles. The molecule has 0 unspecified atom stereocenters. The smallest absolute Gasteiger partial charge is 0.319 e. The summed E-state index contributed by atoms with van der Waals surface area (Å²) in [6.45, 7) is 0.319. The summed E-state index contributed by atoms with van der Waals surface area (Å²) in [7, 11) is 0. The van der Waals surface area contributed by atoms with E-state index in [1.807, 2.05) is 42.5 Å². The molecule has 6 nitrogen and oxygen atoms in total. The van der Waals surface area contributed by atoms with Gasteiger partial charge in [-0.05, 0) is 42.0 Å². The summed E-state index contributed by atoms with van der Waals surface area (Å²) in [5.41, 5.74) is 8.86. The van der Waals surface area contributed by atoms with Crippen LogP contribution in [0, 0.1) is 5.53 Å². The van der Waals surface area contributed by atoms with Gasteiger partial charge in [-0.2, -0.15) is 5.11 Å². The molecule has 0 atom stereocenters. The van der Waals surface area contributed by atoms with Gasteiger partial charge in [-0.1, -0.05) is 41.9 Å². The summed E-state index contributed by atoms with van der Waals surface area (Å²) < 4.78 is 5.75. The standard InChI is InChI=1S/C20H17ClN4O2/c21-15-6-4-5-14(11-15)13-23-20(26)24-19-12-17(9-10-18(19)25-22)27-16-7-2-1-3-8-16/h1-12,22H,13H2,(H2,23,24,26). The SMILES string of the molecule is N=Nc1ccc(Oc2ccccc2)cc1NC(=O)NCc1cccc(Cl)c1. The molecule has 0 fully saturated rings. The van der Waals surface area contributed by atoms with Crippen LogP contribution in [0.25, 0.3) is 0 Å². The van der Waals surface area contributed by atoms with Crippen LogP contribution in [-0.4, -0.2) is 6.03 Å². The third-order valence-corrected chi connectivity index (χ3v) is 3.89. The highest BCUT2D eigenvalue weighted by molar-refractivity contribution is 6.30. The average molecular weight is 381 g/mol. The van der Waals surface area contributed by atoms with Crippen LogP contribution in [-0.2, 0) is 6.54 Å². The van der Waals surface area contributed by atoms with E-state index < -0.39 is 6.03 Å². The van der Waals surface area contributed by atoms with Crippen molar-refractivity contribution >= 4 is 29.0 Å². The number of hydrogen-bond acceptors (Lipinski definition) is 4. The second-order valence-corrected chi connectivity index (χ2v) is 6.08. The Labute approximate surface area is 161 Å². The molecule has 3 aromatic rings. The van der Waals surface area contributed by atoms with Gasteiger partial charge in [0.2, 0.25) is 0 Å². The maximum atomic E-state index is 12.2. The van der Waals surface area contributed by atoms with Crippen LogP contribution in [0.4, 0.5) is 16.2 Å². The van der Waals surface area contributed by atoms with E-state index in [4.69, 9.17) is 21.9 Å². The Kier molecular flexibility index (Phi) is 6.02. The lowest BCUT2D eigenvalue weighted by Crippen LogP contribution is -2.28. The van der Waals surface area contributed by atoms with Crippen LogP contribution in [0.2, 0.25) is 5.02 Å². The molecular formula is C20H17ClN4O2. The van der Waals surface area contributed by atoms with Gasteiger partial charge >= 0.3 is 6.03 Å². The molecule has 0 aliphatic rings. The zero-order chi connectivity index (χ0) is 19.1. The van der Waals surface area contributed by atoms with Crippen LogP contribution in [0.1, 0.15) is 5.56 Å². The van der Waals surface area contributed by atoms with E-state index in [1.165, 1.54) is 0 Å². The van der Waals surface area contributed by atoms with Crippen molar-refractivity contribution < 1.29 is 9.53 Å². The minimum Gasteiger partial charge on any atom is -0.457 e. The lowest BCUT2D eigenvalue weighted by atomic mass is 10.2. The Hall–Kier alpha value is -3.38. The summed E-state index contributed by atoms with van der Waals surface area (Å²) in [6.07, 6.45) is 0. The van der Waals surface area contributed by atoms with Crippen molar-refractivity contribution in [2.24, 2.45) is 5.11 Å². The largest absolute Gasteiger partial charge is 0.457 e. The van der Waals surface area contributed by atoms with Gasteiger partial charge in [-0.3, -0.25) is 0 Å². The van der Waals surface area contributed by atoms with Crippen molar-refractivity contribution in [3.63, 3.8) is 0 Å². The van der Waals surface area contributed by atoms with Crippen LogP contribution >= 0.6 is 11.6 Å². The molecule has 3 N–H and O–H groups in total. The van der Waals surface area contributed by atoms with E-state index in [-0.39, 0.29) is 0 Å². The number of anilines is 1. The van der Waals surface area contributed by atoms with E-state index in [2.05, 4.69) is 15.7 Å². The van der Waals surface area contributed by atoms with E-state index in [1.54, 1.807) is 30.3 Å². The highest BCUT2D eigenvalue weighted by Gasteiger charge is 2.09. The van der Waals surface area contributed by atoms with Gasteiger partial charge in [0.25, 0.3) is 0 Å². The molecule has 0 bridgehead atoms. The van der Waals surface area contributed by atoms with Gasteiger partial charge in [-0.15, -0.1) is 0 Å². The lowest BCUT2D eigenvalue weighted by Gasteiger charge is -2.12. The third kappa shape index (κ3) is 5.29. The fourth-order valence-corrected chi connectivity index (χ4v) is 2.61. The second kappa shape index (κ2) is 8.82. The Morgan fingerprint density at radius 2 is 1.81 bits per heavy atom. The Bertz CT molecular complexity index is 948. The number of nitrogens with one attached hydrogen (secondary N) is 3. The van der Waals surface area contributed by atoms with E-state index in [9.17, 15) is 4.79 Å². The predicted octanol–water partition coefficient (Wildman–Crippen LogP) is 6.12. The van der Waals surface area contributed by atoms with Crippen LogP contribution < -0.4 is 15.4 Å². The maximum absolute atomic E-state index is 12.2. The van der Waals surface area contributed by atoms with Crippen molar-refractivity contribution in [1.29, 1.82) is 5.53 Å². The Morgan fingerprint density at radius 3 is 2.56 bits per heavy atom. The number of ether oxygens (including phenoxy) is 1. The molecule has 0 aliphatic carbocycles. The summed E-state index contributed by atoms with van der Waals surface area (Å²) in [5, 5.41) is 9.48. The van der Waals surface area contributed by atoms with Crippen molar-refractivity contribution in [3.8, 4) is 11.5 Å². The highest BCUT2D eigenvalue weighted by Crippen LogP contribution is 2.31. The van der Waals surface area contributed by atoms with Gasteiger partial charge in [0.15, 0.2) is 0 Å². The van der Waals surface area contributed by atoms with Gasteiger partial charge in [0.05, 0.1) is 5.69 Å². The first-order chi connectivity index (χ1) is 13.1. The average Bonchev–Trinajstić information content (AvgIpc) is 2.68. The number of carbonyl (C=O) groups excluding carboxylic acids is 1. The van der Waals surface area contributed by atoms with E-state index >= 15 is 0 Å². The molecule has 0 aromatic heterocycles. The van der Waals surface area contributed by atoms with Crippen molar-refractivity contribution in [1.82, 2.24) is 5.32 Å². The van der Waals surface area contributed by atoms with Gasteiger partial charge in [0.1, 0.15) is 17.2 Å². The molecule has 136 valence electrons. The van der Waals surface area contributed by atoms with Gasteiger partial charge in [0, 0.05) is 17.6 Å². The number of hydrogen-bond donors (Lipinski definition) is 3. The first-order valence-corrected chi connectivity index (χ1v) is 8.55. The molecule has 0 heterocycles. The summed E-state index contributed by atoms with van der Waals surface area (Å²) in [4.78, 5) is 12.2. The number of benzene rings is 3. The monoisotopic (exact) mass is 380 g/mol. The molecule has 2 amide bonds. The number of carbonyl (C=O) groups is 1. The van der Waals surface area contributed by atoms with E-state index in [0.29, 0.717) is 34.4 Å². The molecule has 3 rings (SSSR count). The third-order valence-electron chi connectivity index (χ3n) is 3.66. The van der Waals surface area contributed by atoms with Crippen LogP contribution in [0.5, 0.6) is 11.5 Å². The molecule has 3 aromatic carbocycles. The van der Waals surface area contributed by atoms with Crippen molar-refractivity contribution in [3.05, 3.63) is 83.4 Å². The zero-order valence-electron chi connectivity index (χ0n) is 14.3. The topological polar surface area (TPSA) is 86.6 Å². The summed E-state index contributed by atoms with van der Waals surface area (Å²) >= 11 is 5.94. The van der Waals surface area contributed by atoms with Gasteiger partial charge in [-0.25, -0.2) is 10.3 Å². The number of halogens is 1. The molecule has 0 radical (unpaired) electrons.